The third-order valence-electron chi connectivity index (χ3n) is 8.49. The topological polar surface area (TPSA) is 150 Å². The molecular formula is C28H49N5O7. The van der Waals surface area contributed by atoms with Crippen LogP contribution in [-0.2, 0) is 32.0 Å². The molecule has 3 N–H and O–H groups in total. The Morgan fingerprint density at radius 2 is 1.80 bits per heavy atom. The summed E-state index contributed by atoms with van der Waals surface area (Å²) in [5, 5.41) is 42.5. The zero-order chi connectivity index (χ0) is 29.9. The molecule has 228 valence electrons. The molecule has 0 radical (unpaired) electrons. The van der Waals surface area contributed by atoms with E-state index >= 15 is 0 Å². The number of rotatable bonds is 3. The van der Waals surface area contributed by atoms with E-state index in [2.05, 4.69) is 10.3 Å². The molecule has 1 aromatic heterocycles. The van der Waals surface area contributed by atoms with Gasteiger partial charge in [-0.15, -0.1) is 5.10 Å². The largest absolute Gasteiger partial charge is 0.392 e. The molecule has 1 fully saturated rings. The predicted octanol–water partition coefficient (Wildman–Crippen LogP) is 0.473. The van der Waals surface area contributed by atoms with E-state index in [0.29, 0.717) is 25.1 Å². The maximum Gasteiger partial charge on any atom is 0.244 e. The number of nitrogens with zero attached hydrogens (tertiary/aromatic N) is 5. The molecule has 0 aliphatic carbocycles. The van der Waals surface area contributed by atoms with E-state index in [9.17, 15) is 24.9 Å². The van der Waals surface area contributed by atoms with E-state index in [4.69, 9.17) is 9.47 Å². The monoisotopic (exact) mass is 567 g/mol. The molecule has 0 unspecified atom stereocenters. The summed E-state index contributed by atoms with van der Waals surface area (Å²) >= 11 is 0. The number of hydrogen-bond donors (Lipinski definition) is 3. The normalized spacial score (nSPS) is 39.4. The number of ether oxygens (including phenoxy) is 2. The number of carbonyl (C=O) groups is 2. The van der Waals surface area contributed by atoms with Gasteiger partial charge in [-0.05, 0) is 46.7 Å². The zero-order valence-electron chi connectivity index (χ0n) is 25.2. The first-order valence-corrected chi connectivity index (χ1v) is 14.3. The molecule has 0 saturated carbocycles. The average Bonchev–Trinajstić information content (AvgIpc) is 3.31. The van der Waals surface area contributed by atoms with Crippen LogP contribution in [0.3, 0.4) is 0 Å². The van der Waals surface area contributed by atoms with Gasteiger partial charge in [0.25, 0.3) is 0 Å². The van der Waals surface area contributed by atoms with Gasteiger partial charge in [-0.3, -0.25) is 9.59 Å². The fourth-order valence-electron chi connectivity index (χ4n) is 6.19. The van der Waals surface area contributed by atoms with Crippen molar-refractivity contribution in [2.75, 3.05) is 27.7 Å². The van der Waals surface area contributed by atoms with Gasteiger partial charge >= 0.3 is 0 Å². The molecule has 40 heavy (non-hydrogen) atoms. The molecule has 1 saturated heterocycles. The third kappa shape index (κ3) is 7.86. The third-order valence-corrected chi connectivity index (χ3v) is 8.49. The molecule has 1 amide bonds. The van der Waals surface area contributed by atoms with Gasteiger partial charge in [-0.1, -0.05) is 26.0 Å². The lowest BCUT2D eigenvalue weighted by Crippen LogP contribution is -2.59. The fraction of sp³-hybridized carbons (Fsp3) is 0.857. The maximum absolute atomic E-state index is 13.1. The van der Waals surface area contributed by atoms with Crippen molar-refractivity contribution in [1.29, 1.82) is 0 Å². The Balaban J connectivity index is 1.93. The van der Waals surface area contributed by atoms with Crippen molar-refractivity contribution >= 4 is 11.7 Å². The van der Waals surface area contributed by atoms with Crippen molar-refractivity contribution < 1.29 is 34.4 Å². The quantitative estimate of drug-likeness (QED) is 0.470. The molecule has 0 aromatic carbocycles. The minimum absolute atomic E-state index is 0.0145. The van der Waals surface area contributed by atoms with Crippen LogP contribution >= 0.6 is 0 Å². The van der Waals surface area contributed by atoms with Gasteiger partial charge < -0.3 is 34.6 Å². The van der Waals surface area contributed by atoms with Crippen LogP contribution in [0.15, 0.2) is 6.20 Å². The number of aliphatic hydroxyl groups excluding tert-OH is 2. The summed E-state index contributed by atoms with van der Waals surface area (Å²) in [4.78, 5) is 29.5. The van der Waals surface area contributed by atoms with Crippen molar-refractivity contribution in [2.45, 2.75) is 109 Å². The number of carbonyl (C=O) groups excluding carboxylic acids is 2. The molecule has 2 aliphatic rings. The van der Waals surface area contributed by atoms with Gasteiger partial charge in [0, 0.05) is 50.5 Å². The number of aliphatic hydroxyl groups is 3. The molecular weight excluding hydrogens is 518 g/mol. The maximum atomic E-state index is 13.1. The molecule has 1 aromatic rings. The molecule has 2 bridgehead atoms. The summed E-state index contributed by atoms with van der Waals surface area (Å²) in [7, 11) is 5.47. The highest BCUT2D eigenvalue weighted by atomic mass is 16.7. The van der Waals surface area contributed by atoms with Crippen LogP contribution in [0.25, 0.3) is 0 Å². The van der Waals surface area contributed by atoms with Gasteiger partial charge in [-0.25, -0.2) is 4.68 Å². The lowest BCUT2D eigenvalue weighted by Gasteiger charge is -2.46. The lowest BCUT2D eigenvalue weighted by atomic mass is 9.77. The molecule has 0 spiro atoms. The number of aryl methyl sites for hydroxylation is 1. The van der Waals surface area contributed by atoms with Crippen molar-refractivity contribution in [3.8, 4) is 0 Å². The van der Waals surface area contributed by atoms with Crippen LogP contribution < -0.4 is 0 Å². The van der Waals surface area contributed by atoms with Crippen molar-refractivity contribution in [1.82, 2.24) is 24.8 Å². The number of fused-ring (bicyclic) bond motifs is 2. The Hall–Kier alpha value is -1.96. The van der Waals surface area contributed by atoms with E-state index in [1.54, 1.807) is 38.9 Å². The Morgan fingerprint density at radius 3 is 2.45 bits per heavy atom. The summed E-state index contributed by atoms with van der Waals surface area (Å²) in [5.41, 5.74) is -0.897. The molecule has 10 atom stereocenters. The zero-order valence-corrected chi connectivity index (χ0v) is 25.2. The average molecular weight is 568 g/mol. The van der Waals surface area contributed by atoms with Crippen LogP contribution in [0.4, 0.5) is 0 Å². The van der Waals surface area contributed by atoms with Gasteiger partial charge in [0.05, 0.1) is 29.6 Å². The SMILES string of the molecule is C[C@H]1CN(C)C(=O)Cn2cc(nn2)CCC(=O)[C@H](C)[C@@H](O)[C@H](C)[C@@H](O[C@@H]2O[C@H](C)C[C@H](N(C)C)[C@H]2O)[C@](C)(O)C1. The first-order chi connectivity index (χ1) is 18.6. The first-order valence-electron chi connectivity index (χ1n) is 14.3. The first kappa shape index (κ1) is 32.6. The predicted molar refractivity (Wildman–Crippen MR) is 147 cm³/mol. The second kappa shape index (κ2) is 13.3. The van der Waals surface area contributed by atoms with E-state index in [1.807, 2.05) is 32.8 Å². The minimum atomic E-state index is -1.49. The van der Waals surface area contributed by atoms with Crippen LogP contribution in [-0.4, -0.2) is 122 Å². The molecule has 3 heterocycles. The number of hydrogen-bond acceptors (Lipinski definition) is 10. The van der Waals surface area contributed by atoms with Crippen LogP contribution in [0.5, 0.6) is 0 Å². The number of aromatic nitrogens is 3. The van der Waals surface area contributed by atoms with Gasteiger partial charge in [-0.2, -0.15) is 0 Å². The highest BCUT2D eigenvalue weighted by Crippen LogP contribution is 2.35. The van der Waals surface area contributed by atoms with E-state index in [0.717, 1.165) is 0 Å². The van der Waals surface area contributed by atoms with Crippen LogP contribution in [0.2, 0.25) is 0 Å². The summed E-state index contributed by atoms with van der Waals surface area (Å²) in [6.45, 7) is 9.28. The second-order valence-corrected chi connectivity index (χ2v) is 12.6. The highest BCUT2D eigenvalue weighted by molar-refractivity contribution is 5.81. The summed E-state index contributed by atoms with van der Waals surface area (Å²) in [5.74, 6) is -1.89. The van der Waals surface area contributed by atoms with Gasteiger partial charge in [0.2, 0.25) is 5.91 Å². The molecule has 12 nitrogen and oxygen atoms in total. The number of ketones is 1. The number of likely N-dealkylation sites (N-methyl/N-ethyl adjacent to an activating group) is 2. The Morgan fingerprint density at radius 1 is 1.12 bits per heavy atom. The smallest absolute Gasteiger partial charge is 0.244 e. The Labute approximate surface area is 237 Å². The van der Waals surface area contributed by atoms with Crippen molar-refractivity contribution in [3.63, 3.8) is 0 Å². The highest BCUT2D eigenvalue weighted by Gasteiger charge is 2.47. The van der Waals surface area contributed by atoms with Crippen LogP contribution in [0, 0.1) is 17.8 Å². The molecule has 12 heteroatoms. The van der Waals surface area contributed by atoms with Gasteiger partial charge in [0.15, 0.2) is 6.29 Å². The van der Waals surface area contributed by atoms with Crippen molar-refractivity contribution in [2.24, 2.45) is 17.8 Å². The number of Topliss-reactive ketones (excluding diaryl/α,β-unsaturated/α-hetero) is 1. The summed E-state index contributed by atoms with van der Waals surface area (Å²) in [6.07, 6.45) is -1.35. The van der Waals surface area contributed by atoms with E-state index in [-0.39, 0.29) is 49.1 Å². The minimum Gasteiger partial charge on any atom is -0.392 e. The number of amides is 1. The Bertz CT molecular complexity index is 1000. The molecule has 3 rings (SSSR count). The molecule has 2 aliphatic heterocycles. The lowest BCUT2D eigenvalue weighted by molar-refractivity contribution is -0.299. The van der Waals surface area contributed by atoms with Gasteiger partial charge in [0.1, 0.15) is 18.4 Å². The van der Waals surface area contributed by atoms with Crippen LogP contribution in [0.1, 0.15) is 59.6 Å². The standard InChI is InChI=1S/C28H49N5O7/c1-16-12-28(5,38)26(40-27-25(37)21(31(6)7)11-17(2)39-27)19(4)24(36)18(3)22(34)10-9-20-14-33(30-29-20)15-23(35)32(8)13-16/h14,16-19,21,24-27,36-38H,9-13,15H2,1-8H3/t16-,17-,18+,19+,21+,24-,25-,26-,27+,28-/m1/s1. The second-order valence-electron chi connectivity index (χ2n) is 12.6. The van der Waals surface area contributed by atoms with Crippen molar-refractivity contribution in [3.05, 3.63) is 11.9 Å². The Kier molecular flexibility index (Phi) is 10.9. The van der Waals surface area contributed by atoms with E-state index in [1.165, 1.54) is 4.68 Å². The fourth-order valence-corrected chi connectivity index (χ4v) is 6.19. The summed E-state index contributed by atoms with van der Waals surface area (Å²) in [6, 6.07) is -0.217. The summed E-state index contributed by atoms with van der Waals surface area (Å²) < 4.78 is 13.9. The van der Waals surface area contributed by atoms with E-state index < -0.39 is 42.0 Å².